The van der Waals surface area contributed by atoms with Gasteiger partial charge in [-0.15, -0.1) is 0 Å². The Labute approximate surface area is 110 Å². The summed E-state index contributed by atoms with van der Waals surface area (Å²) < 4.78 is 5.13. The summed E-state index contributed by atoms with van der Waals surface area (Å²) in [6, 6.07) is 11.5. The van der Waals surface area contributed by atoms with Gasteiger partial charge in [0.2, 0.25) is 0 Å². The zero-order valence-electron chi connectivity index (χ0n) is 10.4. The standard InChI is InChI=1S/C14H12N4O/c1-19-11-6-4-10(5-7-11)18-14-12-3-2-8-15-13(12)16-9-17-14/h2-9H,1H3,(H,15,16,17,18). The summed E-state index contributed by atoms with van der Waals surface area (Å²) in [5, 5.41) is 4.14. The predicted octanol–water partition coefficient (Wildman–Crippen LogP) is 2.78. The van der Waals surface area contributed by atoms with Crippen molar-refractivity contribution in [2.45, 2.75) is 0 Å². The van der Waals surface area contributed by atoms with Crippen LogP contribution >= 0.6 is 0 Å². The first-order chi connectivity index (χ1) is 9.36. The number of fused-ring (bicyclic) bond motifs is 1. The summed E-state index contributed by atoms with van der Waals surface area (Å²) in [6.45, 7) is 0. The summed E-state index contributed by atoms with van der Waals surface area (Å²) in [6.07, 6.45) is 3.22. The molecular weight excluding hydrogens is 240 g/mol. The number of ether oxygens (including phenoxy) is 1. The maximum atomic E-state index is 5.13. The molecule has 0 bridgehead atoms. The average molecular weight is 252 g/mol. The van der Waals surface area contributed by atoms with E-state index in [0.717, 1.165) is 22.6 Å². The van der Waals surface area contributed by atoms with Crippen molar-refractivity contribution in [2.75, 3.05) is 12.4 Å². The SMILES string of the molecule is COc1ccc(Nc2ncnc3ncccc23)cc1. The zero-order chi connectivity index (χ0) is 13.1. The summed E-state index contributed by atoms with van der Waals surface area (Å²) in [4.78, 5) is 12.6. The molecule has 3 aromatic rings. The molecule has 0 unspecified atom stereocenters. The Kier molecular flexibility index (Phi) is 2.94. The van der Waals surface area contributed by atoms with Crippen LogP contribution in [0.3, 0.4) is 0 Å². The first kappa shape index (κ1) is 11.4. The zero-order valence-corrected chi connectivity index (χ0v) is 10.4. The fourth-order valence-corrected chi connectivity index (χ4v) is 1.81. The van der Waals surface area contributed by atoms with Crippen LogP contribution in [-0.4, -0.2) is 22.1 Å². The van der Waals surface area contributed by atoms with E-state index in [-0.39, 0.29) is 0 Å². The van der Waals surface area contributed by atoms with Gasteiger partial charge in [0.1, 0.15) is 17.9 Å². The molecular formula is C14H12N4O. The number of methoxy groups -OCH3 is 1. The van der Waals surface area contributed by atoms with E-state index < -0.39 is 0 Å². The lowest BCUT2D eigenvalue weighted by Gasteiger charge is -2.08. The van der Waals surface area contributed by atoms with Crippen molar-refractivity contribution < 1.29 is 4.74 Å². The molecule has 5 heteroatoms. The molecule has 5 nitrogen and oxygen atoms in total. The van der Waals surface area contributed by atoms with Crippen LogP contribution in [0.5, 0.6) is 5.75 Å². The molecule has 0 radical (unpaired) electrons. The van der Waals surface area contributed by atoms with Gasteiger partial charge in [-0.25, -0.2) is 15.0 Å². The van der Waals surface area contributed by atoms with E-state index in [0.29, 0.717) is 5.65 Å². The van der Waals surface area contributed by atoms with Crippen LogP contribution in [0.15, 0.2) is 48.9 Å². The van der Waals surface area contributed by atoms with Crippen LogP contribution in [-0.2, 0) is 0 Å². The Bertz CT molecular complexity index is 692. The Morgan fingerprint density at radius 2 is 1.84 bits per heavy atom. The Balaban J connectivity index is 1.96. The van der Waals surface area contributed by atoms with Crippen molar-refractivity contribution in [3.8, 4) is 5.75 Å². The van der Waals surface area contributed by atoms with E-state index in [9.17, 15) is 0 Å². The van der Waals surface area contributed by atoms with Crippen LogP contribution in [0.1, 0.15) is 0 Å². The maximum Gasteiger partial charge on any atom is 0.164 e. The van der Waals surface area contributed by atoms with Crippen LogP contribution < -0.4 is 10.1 Å². The first-order valence-corrected chi connectivity index (χ1v) is 5.83. The molecule has 0 aliphatic heterocycles. The predicted molar refractivity (Wildman–Crippen MR) is 73.6 cm³/mol. The van der Waals surface area contributed by atoms with E-state index >= 15 is 0 Å². The van der Waals surface area contributed by atoms with E-state index in [1.165, 1.54) is 6.33 Å². The highest BCUT2D eigenvalue weighted by atomic mass is 16.5. The molecule has 2 heterocycles. The molecule has 0 aliphatic rings. The van der Waals surface area contributed by atoms with Crippen molar-refractivity contribution in [1.29, 1.82) is 0 Å². The van der Waals surface area contributed by atoms with Crippen LogP contribution in [0.2, 0.25) is 0 Å². The van der Waals surface area contributed by atoms with E-state index in [1.807, 2.05) is 36.4 Å². The van der Waals surface area contributed by atoms with Gasteiger partial charge in [-0.1, -0.05) is 0 Å². The van der Waals surface area contributed by atoms with Gasteiger partial charge in [-0.3, -0.25) is 0 Å². The number of rotatable bonds is 3. The number of aromatic nitrogens is 3. The molecule has 0 aliphatic carbocycles. The molecule has 0 saturated heterocycles. The van der Waals surface area contributed by atoms with E-state index in [4.69, 9.17) is 4.74 Å². The third-order valence-electron chi connectivity index (χ3n) is 2.76. The fraction of sp³-hybridized carbons (Fsp3) is 0.0714. The van der Waals surface area contributed by atoms with Gasteiger partial charge in [0, 0.05) is 11.9 Å². The summed E-state index contributed by atoms with van der Waals surface area (Å²) >= 11 is 0. The lowest BCUT2D eigenvalue weighted by atomic mass is 10.2. The van der Waals surface area contributed by atoms with Crippen molar-refractivity contribution in [2.24, 2.45) is 0 Å². The summed E-state index contributed by atoms with van der Waals surface area (Å²) in [5.74, 6) is 1.56. The van der Waals surface area contributed by atoms with Gasteiger partial charge in [-0.2, -0.15) is 0 Å². The van der Waals surface area contributed by atoms with E-state index in [1.54, 1.807) is 13.3 Å². The number of nitrogens with zero attached hydrogens (tertiary/aromatic N) is 3. The van der Waals surface area contributed by atoms with Gasteiger partial charge in [-0.05, 0) is 36.4 Å². The van der Waals surface area contributed by atoms with Gasteiger partial charge < -0.3 is 10.1 Å². The molecule has 3 rings (SSSR count). The number of anilines is 2. The molecule has 19 heavy (non-hydrogen) atoms. The minimum Gasteiger partial charge on any atom is -0.497 e. The Morgan fingerprint density at radius 1 is 1.00 bits per heavy atom. The molecule has 0 saturated carbocycles. The van der Waals surface area contributed by atoms with Gasteiger partial charge in [0.25, 0.3) is 0 Å². The largest absolute Gasteiger partial charge is 0.497 e. The molecule has 1 N–H and O–H groups in total. The molecule has 0 amide bonds. The van der Waals surface area contributed by atoms with Gasteiger partial charge in [0.05, 0.1) is 12.5 Å². The molecule has 0 spiro atoms. The Morgan fingerprint density at radius 3 is 2.63 bits per heavy atom. The number of benzene rings is 1. The van der Waals surface area contributed by atoms with E-state index in [2.05, 4.69) is 20.3 Å². The fourth-order valence-electron chi connectivity index (χ4n) is 1.81. The second-order valence-electron chi connectivity index (χ2n) is 3.95. The molecule has 0 fully saturated rings. The number of hydrogen-bond donors (Lipinski definition) is 1. The van der Waals surface area contributed by atoms with Crippen molar-refractivity contribution in [1.82, 2.24) is 15.0 Å². The second-order valence-corrected chi connectivity index (χ2v) is 3.95. The molecule has 0 atom stereocenters. The lowest BCUT2D eigenvalue weighted by Crippen LogP contribution is -1.96. The minimum atomic E-state index is 0.675. The Hall–Kier alpha value is -2.69. The van der Waals surface area contributed by atoms with Gasteiger partial charge >= 0.3 is 0 Å². The first-order valence-electron chi connectivity index (χ1n) is 5.83. The number of hydrogen-bond acceptors (Lipinski definition) is 5. The highest BCUT2D eigenvalue weighted by Gasteiger charge is 2.04. The third kappa shape index (κ3) is 2.30. The highest BCUT2D eigenvalue weighted by Crippen LogP contribution is 2.22. The monoisotopic (exact) mass is 252 g/mol. The molecule has 2 aromatic heterocycles. The van der Waals surface area contributed by atoms with Crippen molar-refractivity contribution in [3.05, 3.63) is 48.9 Å². The molecule has 1 aromatic carbocycles. The quantitative estimate of drug-likeness (QED) is 0.776. The topological polar surface area (TPSA) is 59.9 Å². The summed E-state index contributed by atoms with van der Waals surface area (Å²) in [7, 11) is 1.64. The summed E-state index contributed by atoms with van der Waals surface area (Å²) in [5.41, 5.74) is 1.61. The molecule has 94 valence electrons. The average Bonchev–Trinajstić information content (AvgIpc) is 2.48. The minimum absolute atomic E-state index is 0.675. The van der Waals surface area contributed by atoms with Crippen LogP contribution in [0.4, 0.5) is 11.5 Å². The maximum absolute atomic E-state index is 5.13. The van der Waals surface area contributed by atoms with Gasteiger partial charge in [0.15, 0.2) is 5.65 Å². The third-order valence-corrected chi connectivity index (χ3v) is 2.76. The number of nitrogens with one attached hydrogen (secondary N) is 1. The number of pyridine rings is 1. The van der Waals surface area contributed by atoms with Crippen molar-refractivity contribution >= 4 is 22.5 Å². The second kappa shape index (κ2) is 4.89. The normalized spacial score (nSPS) is 10.4. The van der Waals surface area contributed by atoms with Crippen molar-refractivity contribution in [3.63, 3.8) is 0 Å². The smallest absolute Gasteiger partial charge is 0.164 e. The van der Waals surface area contributed by atoms with Crippen LogP contribution in [0.25, 0.3) is 11.0 Å². The van der Waals surface area contributed by atoms with Crippen LogP contribution in [0, 0.1) is 0 Å². The lowest BCUT2D eigenvalue weighted by molar-refractivity contribution is 0.415. The highest BCUT2D eigenvalue weighted by molar-refractivity contribution is 5.87.